The van der Waals surface area contributed by atoms with Crippen LogP contribution in [0.5, 0.6) is 5.75 Å². The number of hydrogen-bond acceptors (Lipinski definition) is 4. The molecule has 0 amide bonds. The Kier molecular flexibility index (Phi) is 3.11. The molecule has 0 saturated heterocycles. The molecule has 0 unspecified atom stereocenters. The van der Waals surface area contributed by atoms with Crippen molar-refractivity contribution in [3.05, 3.63) is 38.9 Å². The topological polar surface area (TPSA) is 50.8 Å². The Bertz CT molecular complexity index is 681. The van der Waals surface area contributed by atoms with E-state index in [1.165, 1.54) is 11.3 Å². The predicted octanol–water partition coefficient (Wildman–Crippen LogP) is 3.91. The number of aromatic amines is 1. The fourth-order valence-corrected chi connectivity index (χ4v) is 2.52. The second-order valence-electron chi connectivity index (χ2n) is 3.61. The van der Waals surface area contributed by atoms with Gasteiger partial charge in [-0.25, -0.2) is 4.98 Å². The maximum Gasteiger partial charge on any atom is 0.158 e. The number of H-pyrrole nitrogens is 1. The van der Waals surface area contributed by atoms with Gasteiger partial charge in [-0.15, -0.1) is 11.3 Å². The number of halogens is 2. The van der Waals surface area contributed by atoms with Crippen LogP contribution in [0, 0.1) is 0 Å². The van der Waals surface area contributed by atoms with E-state index in [1.807, 2.05) is 5.38 Å². The molecule has 2 heterocycles. The molecule has 3 aromatic rings. The Hall–Kier alpha value is -1.30. The van der Waals surface area contributed by atoms with E-state index >= 15 is 0 Å². The summed E-state index contributed by atoms with van der Waals surface area (Å²) in [5.74, 6) is 0.581. The van der Waals surface area contributed by atoms with Crippen molar-refractivity contribution in [2.24, 2.45) is 0 Å². The lowest BCUT2D eigenvalue weighted by Gasteiger charge is -2.06. The summed E-state index contributed by atoms with van der Waals surface area (Å²) in [6.45, 7) is 0.386. The summed E-state index contributed by atoms with van der Waals surface area (Å²) < 4.78 is 5.62. The largest absolute Gasteiger partial charge is 0.486 e. The van der Waals surface area contributed by atoms with Crippen molar-refractivity contribution >= 4 is 45.4 Å². The Morgan fingerprint density at radius 1 is 1.33 bits per heavy atom. The number of nitrogens with zero attached hydrogens (tertiary/aromatic N) is 2. The number of thiazole rings is 1. The molecule has 18 heavy (non-hydrogen) atoms. The summed E-state index contributed by atoms with van der Waals surface area (Å²) >= 11 is 13.6. The molecule has 4 nitrogen and oxygen atoms in total. The molecule has 92 valence electrons. The Labute approximate surface area is 117 Å². The zero-order valence-corrected chi connectivity index (χ0v) is 11.3. The van der Waals surface area contributed by atoms with Gasteiger partial charge in [-0.05, 0) is 6.07 Å². The van der Waals surface area contributed by atoms with E-state index in [0.717, 1.165) is 16.6 Å². The quantitative estimate of drug-likeness (QED) is 0.798. The highest BCUT2D eigenvalue weighted by atomic mass is 35.5. The van der Waals surface area contributed by atoms with Crippen molar-refractivity contribution in [3.63, 3.8) is 0 Å². The number of ether oxygens (including phenoxy) is 1. The highest BCUT2D eigenvalue weighted by Gasteiger charge is 2.09. The second-order valence-corrected chi connectivity index (χ2v) is 5.09. The van der Waals surface area contributed by atoms with Gasteiger partial charge in [0, 0.05) is 16.8 Å². The Balaban J connectivity index is 1.89. The number of rotatable bonds is 3. The van der Waals surface area contributed by atoms with E-state index < -0.39 is 0 Å². The molecule has 0 spiro atoms. The molecule has 3 rings (SSSR count). The van der Waals surface area contributed by atoms with Crippen LogP contribution in [0.1, 0.15) is 5.69 Å². The SMILES string of the molecule is Clc1cc2c(Cl)n[nH]c2cc1OCc1cscn1. The number of aromatic nitrogens is 3. The maximum atomic E-state index is 6.13. The van der Waals surface area contributed by atoms with Crippen LogP contribution in [0.3, 0.4) is 0 Å². The number of hydrogen-bond donors (Lipinski definition) is 1. The van der Waals surface area contributed by atoms with Gasteiger partial charge in [0.15, 0.2) is 5.15 Å². The average Bonchev–Trinajstić information content (AvgIpc) is 2.98. The monoisotopic (exact) mass is 299 g/mol. The summed E-state index contributed by atoms with van der Waals surface area (Å²) in [6, 6.07) is 3.52. The van der Waals surface area contributed by atoms with Gasteiger partial charge in [0.2, 0.25) is 0 Å². The third kappa shape index (κ3) is 2.16. The normalized spacial score (nSPS) is 11.0. The number of nitrogens with one attached hydrogen (secondary N) is 1. The van der Waals surface area contributed by atoms with Crippen LogP contribution < -0.4 is 4.74 Å². The third-order valence-electron chi connectivity index (χ3n) is 2.43. The first-order valence-electron chi connectivity index (χ1n) is 5.07. The molecule has 0 saturated carbocycles. The van der Waals surface area contributed by atoms with E-state index in [1.54, 1.807) is 17.6 Å². The first kappa shape index (κ1) is 11.8. The van der Waals surface area contributed by atoms with Gasteiger partial charge < -0.3 is 4.74 Å². The lowest BCUT2D eigenvalue weighted by molar-refractivity contribution is 0.302. The van der Waals surface area contributed by atoms with Crippen molar-refractivity contribution in [3.8, 4) is 5.75 Å². The Morgan fingerprint density at radius 3 is 3.00 bits per heavy atom. The fourth-order valence-electron chi connectivity index (χ4n) is 1.56. The molecule has 0 atom stereocenters. The standard InChI is InChI=1S/C11H7Cl2N3OS/c12-8-1-7-9(15-16-11(7)13)2-10(8)17-3-6-4-18-5-14-6/h1-2,4-5H,3H2,(H,15,16). The average molecular weight is 300 g/mol. The van der Waals surface area contributed by atoms with E-state index in [4.69, 9.17) is 27.9 Å². The zero-order chi connectivity index (χ0) is 12.5. The van der Waals surface area contributed by atoms with Crippen LogP contribution in [-0.4, -0.2) is 15.2 Å². The molecule has 0 bridgehead atoms. The van der Waals surface area contributed by atoms with E-state index in [2.05, 4.69) is 15.2 Å². The van der Waals surface area contributed by atoms with Gasteiger partial charge in [0.25, 0.3) is 0 Å². The van der Waals surface area contributed by atoms with Crippen LogP contribution in [0.25, 0.3) is 10.9 Å². The molecule has 0 fully saturated rings. The molecule has 0 aliphatic rings. The van der Waals surface area contributed by atoms with Gasteiger partial charge >= 0.3 is 0 Å². The van der Waals surface area contributed by atoms with Crippen LogP contribution in [-0.2, 0) is 6.61 Å². The van der Waals surface area contributed by atoms with Crippen molar-refractivity contribution in [2.45, 2.75) is 6.61 Å². The second kappa shape index (κ2) is 4.76. The summed E-state index contributed by atoms with van der Waals surface area (Å²) in [4.78, 5) is 4.14. The Morgan fingerprint density at radius 2 is 2.22 bits per heavy atom. The first-order valence-corrected chi connectivity index (χ1v) is 6.77. The van der Waals surface area contributed by atoms with Gasteiger partial charge in [-0.3, -0.25) is 5.10 Å². The van der Waals surface area contributed by atoms with Gasteiger partial charge in [0.1, 0.15) is 12.4 Å². The van der Waals surface area contributed by atoms with E-state index in [9.17, 15) is 0 Å². The van der Waals surface area contributed by atoms with Crippen molar-refractivity contribution in [1.82, 2.24) is 15.2 Å². The number of benzene rings is 1. The summed E-state index contributed by atoms with van der Waals surface area (Å²) in [5.41, 5.74) is 3.43. The molecular formula is C11H7Cl2N3OS. The van der Waals surface area contributed by atoms with Gasteiger partial charge in [-0.2, -0.15) is 5.10 Å². The molecule has 0 radical (unpaired) electrons. The molecule has 1 N–H and O–H groups in total. The van der Waals surface area contributed by atoms with Crippen molar-refractivity contribution in [1.29, 1.82) is 0 Å². The van der Waals surface area contributed by atoms with E-state index in [-0.39, 0.29) is 0 Å². The highest BCUT2D eigenvalue weighted by Crippen LogP contribution is 2.32. The minimum atomic E-state index is 0.386. The smallest absolute Gasteiger partial charge is 0.158 e. The molecule has 1 aromatic carbocycles. The third-order valence-corrected chi connectivity index (χ3v) is 3.65. The first-order chi connectivity index (χ1) is 8.74. The maximum absolute atomic E-state index is 6.13. The molecule has 7 heteroatoms. The number of fused-ring (bicyclic) bond motifs is 1. The van der Waals surface area contributed by atoms with Crippen LogP contribution in [0.15, 0.2) is 23.0 Å². The minimum absolute atomic E-state index is 0.386. The lowest BCUT2D eigenvalue weighted by Crippen LogP contribution is -1.96. The van der Waals surface area contributed by atoms with E-state index in [0.29, 0.717) is 22.5 Å². The highest BCUT2D eigenvalue weighted by molar-refractivity contribution is 7.07. The molecule has 2 aromatic heterocycles. The summed E-state index contributed by atoms with van der Waals surface area (Å²) in [5, 5.41) is 10.3. The summed E-state index contributed by atoms with van der Waals surface area (Å²) in [6.07, 6.45) is 0. The van der Waals surface area contributed by atoms with Crippen LogP contribution in [0.4, 0.5) is 0 Å². The van der Waals surface area contributed by atoms with Crippen molar-refractivity contribution in [2.75, 3.05) is 0 Å². The minimum Gasteiger partial charge on any atom is -0.486 e. The van der Waals surface area contributed by atoms with Gasteiger partial charge in [-0.1, -0.05) is 23.2 Å². The van der Waals surface area contributed by atoms with Crippen molar-refractivity contribution < 1.29 is 4.74 Å². The fraction of sp³-hybridized carbons (Fsp3) is 0.0909. The molecular weight excluding hydrogens is 293 g/mol. The molecule has 0 aliphatic carbocycles. The lowest BCUT2D eigenvalue weighted by atomic mass is 10.2. The molecule has 0 aliphatic heterocycles. The summed E-state index contributed by atoms with van der Waals surface area (Å²) in [7, 11) is 0. The zero-order valence-electron chi connectivity index (χ0n) is 8.98. The van der Waals surface area contributed by atoms with Crippen LogP contribution in [0.2, 0.25) is 10.2 Å². The predicted molar refractivity (Wildman–Crippen MR) is 72.6 cm³/mol. The van der Waals surface area contributed by atoms with Gasteiger partial charge in [0.05, 0.1) is 21.7 Å². The van der Waals surface area contributed by atoms with Crippen LogP contribution >= 0.6 is 34.5 Å².